The number of benzene rings is 1. The molecule has 2 rings (SSSR count). The fraction of sp³-hybridized carbons (Fsp3) is 0.571. The third-order valence-corrected chi connectivity index (χ3v) is 5.53. The van der Waals surface area contributed by atoms with Gasteiger partial charge in [-0.25, -0.2) is 4.57 Å². The van der Waals surface area contributed by atoms with Crippen molar-refractivity contribution in [3.05, 3.63) is 27.8 Å². The van der Waals surface area contributed by atoms with E-state index < -0.39 is 7.82 Å². The largest absolute Gasteiger partial charge is 0.530 e. The normalized spacial score (nSPS) is 25.3. The first-order chi connectivity index (χ1) is 10.1. The average molecular weight is 426 g/mol. The highest BCUT2D eigenvalue weighted by Gasteiger charge is 2.36. The minimum Gasteiger partial charge on any atom is -0.404 e. The fourth-order valence-corrected chi connectivity index (χ4v) is 4.04. The van der Waals surface area contributed by atoms with Crippen LogP contribution in [0.1, 0.15) is 25.7 Å². The molecule has 0 heterocycles. The van der Waals surface area contributed by atoms with E-state index in [1.54, 1.807) is 19.2 Å². The van der Waals surface area contributed by atoms with Crippen LogP contribution >= 0.6 is 30.4 Å². The van der Waals surface area contributed by atoms with Crippen LogP contribution in [-0.2, 0) is 18.3 Å². The summed E-state index contributed by atoms with van der Waals surface area (Å²) in [6, 6.07) is 7.26. The monoisotopic (exact) mass is 426 g/mol. The molecule has 1 saturated carbocycles. The number of halogens is 1. The van der Waals surface area contributed by atoms with Gasteiger partial charge in [-0.3, -0.25) is 9.05 Å². The van der Waals surface area contributed by atoms with Crippen molar-refractivity contribution < 1.29 is 22.9 Å². The third kappa shape index (κ3) is 4.93. The van der Waals surface area contributed by atoms with E-state index in [0.717, 1.165) is 29.3 Å². The van der Waals surface area contributed by atoms with E-state index in [0.29, 0.717) is 5.75 Å². The highest BCUT2D eigenvalue weighted by molar-refractivity contribution is 14.1. The van der Waals surface area contributed by atoms with Crippen LogP contribution in [0.25, 0.3) is 0 Å². The zero-order chi connectivity index (χ0) is 15.3. The molecule has 1 aromatic carbocycles. The fourth-order valence-electron chi connectivity index (χ4n) is 2.37. The van der Waals surface area contributed by atoms with Crippen molar-refractivity contribution in [1.82, 2.24) is 0 Å². The van der Waals surface area contributed by atoms with Crippen LogP contribution in [0.4, 0.5) is 0 Å². The van der Waals surface area contributed by atoms with Crippen molar-refractivity contribution in [2.24, 2.45) is 0 Å². The highest BCUT2D eigenvalue weighted by Crippen LogP contribution is 2.51. The van der Waals surface area contributed by atoms with Crippen LogP contribution in [0.5, 0.6) is 5.75 Å². The minimum absolute atomic E-state index is 0.0678. The van der Waals surface area contributed by atoms with E-state index in [4.69, 9.17) is 18.3 Å². The summed E-state index contributed by atoms with van der Waals surface area (Å²) in [6.07, 6.45) is 3.47. The van der Waals surface area contributed by atoms with Gasteiger partial charge in [0.25, 0.3) is 0 Å². The van der Waals surface area contributed by atoms with Crippen LogP contribution in [0.3, 0.4) is 0 Å². The molecule has 3 atom stereocenters. The first kappa shape index (κ1) is 17.2. The summed E-state index contributed by atoms with van der Waals surface area (Å²) in [5.74, 6) is 0.469. The van der Waals surface area contributed by atoms with Crippen molar-refractivity contribution in [3.8, 4) is 5.75 Å². The van der Waals surface area contributed by atoms with Crippen LogP contribution in [0.2, 0.25) is 0 Å². The topological polar surface area (TPSA) is 54.0 Å². The quantitative estimate of drug-likeness (QED) is 0.499. The maximum atomic E-state index is 12.7. The lowest BCUT2D eigenvalue weighted by Gasteiger charge is -2.31. The molecule has 0 amide bonds. The average Bonchev–Trinajstić information content (AvgIpc) is 2.47. The van der Waals surface area contributed by atoms with Crippen molar-refractivity contribution in [2.45, 2.75) is 37.9 Å². The van der Waals surface area contributed by atoms with Gasteiger partial charge < -0.3 is 9.26 Å². The summed E-state index contributed by atoms with van der Waals surface area (Å²) in [5.41, 5.74) is 0. The summed E-state index contributed by atoms with van der Waals surface area (Å²) in [4.78, 5) is 0. The minimum atomic E-state index is -3.64. The Kier molecular flexibility index (Phi) is 6.50. The molecule has 0 saturated heterocycles. The lowest BCUT2D eigenvalue weighted by atomic mass is 9.95. The lowest BCUT2D eigenvalue weighted by Crippen LogP contribution is -2.33. The Morgan fingerprint density at radius 2 is 1.90 bits per heavy atom. The van der Waals surface area contributed by atoms with E-state index in [1.807, 2.05) is 12.1 Å². The molecule has 0 spiro atoms. The van der Waals surface area contributed by atoms with E-state index >= 15 is 0 Å². The summed E-state index contributed by atoms with van der Waals surface area (Å²) in [5, 5.41) is 0. The van der Waals surface area contributed by atoms with E-state index in [2.05, 4.69) is 22.6 Å². The van der Waals surface area contributed by atoms with Gasteiger partial charge in [0.05, 0.1) is 12.2 Å². The van der Waals surface area contributed by atoms with Gasteiger partial charge in [0.15, 0.2) is 0 Å². The molecular weight excluding hydrogens is 406 g/mol. The highest BCUT2D eigenvalue weighted by atomic mass is 127. The lowest BCUT2D eigenvalue weighted by molar-refractivity contribution is -0.0350. The number of phosphoric acid groups is 1. The van der Waals surface area contributed by atoms with Gasteiger partial charge in [-0.1, -0.05) is 18.9 Å². The molecule has 1 aliphatic rings. The summed E-state index contributed by atoms with van der Waals surface area (Å²) in [7, 11) is -0.668. The first-order valence-electron chi connectivity index (χ1n) is 6.88. The zero-order valence-corrected chi connectivity index (χ0v) is 15.2. The molecule has 0 aliphatic heterocycles. The summed E-state index contributed by atoms with van der Waals surface area (Å²) >= 11 is 2.16. The molecule has 0 bridgehead atoms. The van der Waals surface area contributed by atoms with E-state index in [9.17, 15) is 4.57 Å². The van der Waals surface area contributed by atoms with Crippen molar-refractivity contribution in [1.29, 1.82) is 0 Å². The van der Waals surface area contributed by atoms with Gasteiger partial charge >= 0.3 is 7.82 Å². The SMILES string of the molecule is COC1CCCCC1OP(=O)(OC)Oc1cccc(I)c1. The van der Waals surface area contributed by atoms with Crippen molar-refractivity contribution in [2.75, 3.05) is 14.2 Å². The van der Waals surface area contributed by atoms with Gasteiger partial charge in [-0.15, -0.1) is 0 Å². The Hall–Kier alpha value is -0.140. The van der Waals surface area contributed by atoms with Gasteiger partial charge in [0.1, 0.15) is 5.75 Å². The van der Waals surface area contributed by atoms with Crippen LogP contribution in [0.15, 0.2) is 24.3 Å². The molecule has 1 aromatic rings. The molecule has 0 radical (unpaired) electrons. The van der Waals surface area contributed by atoms with Gasteiger partial charge in [0, 0.05) is 17.8 Å². The van der Waals surface area contributed by atoms with Gasteiger partial charge in [-0.05, 0) is 53.6 Å². The molecule has 3 unspecified atom stereocenters. The smallest absolute Gasteiger partial charge is 0.404 e. The Bertz CT molecular complexity index is 510. The Morgan fingerprint density at radius 1 is 1.19 bits per heavy atom. The Morgan fingerprint density at radius 3 is 2.52 bits per heavy atom. The predicted molar refractivity (Wildman–Crippen MR) is 88.5 cm³/mol. The molecule has 0 N–H and O–H groups in total. The van der Waals surface area contributed by atoms with Crippen molar-refractivity contribution in [3.63, 3.8) is 0 Å². The number of ether oxygens (including phenoxy) is 1. The van der Waals surface area contributed by atoms with Crippen LogP contribution < -0.4 is 4.52 Å². The maximum absolute atomic E-state index is 12.7. The van der Waals surface area contributed by atoms with Crippen LogP contribution in [0, 0.1) is 3.57 Å². The molecule has 1 aliphatic carbocycles. The van der Waals surface area contributed by atoms with E-state index in [1.165, 1.54) is 7.11 Å². The number of hydrogen-bond acceptors (Lipinski definition) is 5. The molecule has 7 heteroatoms. The summed E-state index contributed by atoms with van der Waals surface area (Å²) < 4.78 is 35.2. The van der Waals surface area contributed by atoms with Gasteiger partial charge in [-0.2, -0.15) is 0 Å². The second-order valence-electron chi connectivity index (χ2n) is 4.88. The predicted octanol–water partition coefficient (Wildman–Crippen LogP) is 4.40. The Balaban J connectivity index is 2.07. The second kappa shape index (κ2) is 7.92. The maximum Gasteiger partial charge on any atom is 0.530 e. The molecular formula is C14H20IO5P. The molecule has 0 aromatic heterocycles. The number of rotatable bonds is 6. The van der Waals surface area contributed by atoms with Crippen molar-refractivity contribution >= 4 is 30.4 Å². The molecule has 21 heavy (non-hydrogen) atoms. The van der Waals surface area contributed by atoms with E-state index in [-0.39, 0.29) is 12.2 Å². The zero-order valence-electron chi connectivity index (χ0n) is 12.2. The first-order valence-corrected chi connectivity index (χ1v) is 9.42. The second-order valence-corrected chi connectivity index (χ2v) is 7.78. The van der Waals surface area contributed by atoms with Crippen LogP contribution in [-0.4, -0.2) is 26.4 Å². The standard InChI is InChI=1S/C14H20IO5P/c1-17-13-8-3-4-9-14(13)20-21(16,18-2)19-12-7-5-6-11(15)10-12/h5-7,10,13-14H,3-4,8-9H2,1-2H3. The summed E-state index contributed by atoms with van der Waals surface area (Å²) in [6.45, 7) is 0. The molecule has 5 nitrogen and oxygen atoms in total. The third-order valence-electron chi connectivity index (χ3n) is 3.45. The number of methoxy groups -OCH3 is 1. The molecule has 1 fully saturated rings. The Labute approximate surface area is 139 Å². The number of hydrogen-bond donors (Lipinski definition) is 0. The number of phosphoric ester groups is 1. The molecule has 118 valence electrons. The van der Waals surface area contributed by atoms with Gasteiger partial charge in [0.2, 0.25) is 0 Å².